The fourth-order valence-corrected chi connectivity index (χ4v) is 3.29. The number of carbonyl (C=O) groups excluding carboxylic acids is 3. The highest BCUT2D eigenvalue weighted by atomic mass is 16.6. The zero-order valence-corrected chi connectivity index (χ0v) is 18.7. The second-order valence-corrected chi connectivity index (χ2v) is 7.21. The molecule has 2 aromatic rings. The van der Waals surface area contributed by atoms with E-state index in [9.17, 15) is 14.4 Å². The Morgan fingerprint density at radius 2 is 1.38 bits per heavy atom. The zero-order chi connectivity index (χ0) is 23.3. The van der Waals surface area contributed by atoms with Crippen LogP contribution in [0, 0.1) is 0 Å². The van der Waals surface area contributed by atoms with Crippen molar-refractivity contribution in [1.82, 2.24) is 9.80 Å². The molecule has 0 spiro atoms. The molecule has 1 atom stereocenters. The third-order valence-corrected chi connectivity index (χ3v) is 4.88. The van der Waals surface area contributed by atoms with Gasteiger partial charge in [0.1, 0.15) is 6.04 Å². The van der Waals surface area contributed by atoms with Crippen molar-refractivity contribution in [2.75, 3.05) is 27.5 Å². The lowest BCUT2D eigenvalue weighted by Gasteiger charge is -2.30. The van der Waals surface area contributed by atoms with Gasteiger partial charge in [-0.05, 0) is 17.5 Å². The Kier molecular flexibility index (Phi) is 10.2. The molecule has 8 heteroatoms. The van der Waals surface area contributed by atoms with E-state index in [1.165, 1.54) is 21.1 Å². The fourth-order valence-electron chi connectivity index (χ4n) is 3.29. The number of methoxy groups -OCH3 is 2. The Bertz CT molecular complexity index is 818. The quantitative estimate of drug-likeness (QED) is 0.300. The summed E-state index contributed by atoms with van der Waals surface area (Å²) in [5, 5.41) is 0. The van der Waals surface area contributed by atoms with Gasteiger partial charge < -0.3 is 14.2 Å². The first kappa shape index (κ1) is 24.9. The van der Waals surface area contributed by atoms with Crippen LogP contribution in [0.15, 0.2) is 60.7 Å². The summed E-state index contributed by atoms with van der Waals surface area (Å²) < 4.78 is 14.7. The molecule has 0 heterocycles. The Balaban J connectivity index is 2.20. The molecule has 0 bridgehead atoms. The number of hydrogen-bond donors (Lipinski definition) is 0. The number of esters is 2. The van der Waals surface area contributed by atoms with Gasteiger partial charge in [0.25, 0.3) is 0 Å². The van der Waals surface area contributed by atoms with E-state index in [0.717, 1.165) is 16.0 Å². The predicted molar refractivity (Wildman–Crippen MR) is 118 cm³/mol. The summed E-state index contributed by atoms with van der Waals surface area (Å²) in [6.07, 6.45) is -0.512. The van der Waals surface area contributed by atoms with Crippen molar-refractivity contribution in [2.24, 2.45) is 0 Å². The maximum Gasteiger partial charge on any atom is 0.412 e. The predicted octanol–water partition coefficient (Wildman–Crippen LogP) is 3.21. The molecule has 0 N–H and O–H groups in total. The maximum atomic E-state index is 12.5. The van der Waals surface area contributed by atoms with Gasteiger partial charge >= 0.3 is 18.0 Å². The van der Waals surface area contributed by atoms with Gasteiger partial charge in [-0.1, -0.05) is 60.7 Å². The molecule has 0 fully saturated rings. The molecule has 2 aromatic carbocycles. The van der Waals surface area contributed by atoms with Crippen molar-refractivity contribution in [3.63, 3.8) is 0 Å². The van der Waals surface area contributed by atoms with Gasteiger partial charge in [-0.2, -0.15) is 0 Å². The highest BCUT2D eigenvalue weighted by Gasteiger charge is 2.32. The highest BCUT2D eigenvalue weighted by molar-refractivity contribution is 5.81. The van der Waals surface area contributed by atoms with Gasteiger partial charge in [0, 0.05) is 26.6 Å². The Morgan fingerprint density at radius 1 is 0.844 bits per heavy atom. The summed E-state index contributed by atoms with van der Waals surface area (Å²) in [7, 11) is 2.46. The number of hydrogen-bond acceptors (Lipinski definition) is 7. The van der Waals surface area contributed by atoms with Crippen LogP contribution in [-0.4, -0.2) is 61.4 Å². The van der Waals surface area contributed by atoms with E-state index in [1.807, 2.05) is 60.7 Å². The lowest BCUT2D eigenvalue weighted by molar-refractivity contribution is -0.155. The molecular formula is C24H30N2O6. The summed E-state index contributed by atoms with van der Waals surface area (Å²) in [5.74, 6) is -1.18. The van der Waals surface area contributed by atoms with E-state index in [4.69, 9.17) is 14.2 Å². The molecule has 0 aliphatic carbocycles. The van der Waals surface area contributed by atoms with Gasteiger partial charge in [0.05, 0.1) is 14.2 Å². The zero-order valence-electron chi connectivity index (χ0n) is 18.7. The Morgan fingerprint density at radius 3 is 1.81 bits per heavy atom. The van der Waals surface area contributed by atoms with Crippen LogP contribution in [0.1, 0.15) is 24.5 Å². The molecule has 0 aromatic heterocycles. The monoisotopic (exact) mass is 442 g/mol. The topological polar surface area (TPSA) is 85.4 Å². The van der Waals surface area contributed by atoms with Crippen LogP contribution >= 0.6 is 0 Å². The van der Waals surface area contributed by atoms with E-state index in [1.54, 1.807) is 0 Å². The third-order valence-electron chi connectivity index (χ3n) is 4.88. The maximum absolute atomic E-state index is 12.5. The number of ether oxygens (including phenoxy) is 3. The van der Waals surface area contributed by atoms with Crippen LogP contribution in [0.5, 0.6) is 0 Å². The van der Waals surface area contributed by atoms with Gasteiger partial charge in [0.2, 0.25) is 0 Å². The van der Waals surface area contributed by atoms with E-state index in [0.29, 0.717) is 19.6 Å². The third kappa shape index (κ3) is 8.03. The number of rotatable bonds is 11. The molecule has 0 aliphatic rings. The summed E-state index contributed by atoms with van der Waals surface area (Å²) in [6.45, 7) is 2.62. The molecule has 172 valence electrons. The van der Waals surface area contributed by atoms with Crippen LogP contribution in [0.25, 0.3) is 0 Å². The largest absolute Gasteiger partial charge is 0.467 e. The average molecular weight is 443 g/mol. The van der Waals surface area contributed by atoms with Crippen LogP contribution in [-0.2, 0) is 36.9 Å². The minimum Gasteiger partial charge on any atom is -0.467 e. The first-order valence-corrected chi connectivity index (χ1v) is 10.3. The minimum absolute atomic E-state index is 0.267. The Hall–Kier alpha value is -3.39. The summed E-state index contributed by atoms with van der Waals surface area (Å²) in [5.41, 5.74) is 2.26. The molecule has 2 rings (SSSR count). The van der Waals surface area contributed by atoms with Crippen LogP contribution < -0.4 is 0 Å². The van der Waals surface area contributed by atoms with Crippen LogP contribution in [0.3, 0.4) is 0 Å². The molecule has 0 unspecified atom stereocenters. The van der Waals surface area contributed by atoms with Crippen LogP contribution in [0.2, 0.25) is 0 Å². The molecule has 0 aliphatic heterocycles. The molecule has 0 saturated heterocycles. The average Bonchev–Trinajstić information content (AvgIpc) is 2.81. The van der Waals surface area contributed by atoms with E-state index in [2.05, 4.69) is 4.90 Å². The first-order valence-electron chi connectivity index (χ1n) is 10.3. The smallest absolute Gasteiger partial charge is 0.412 e. The normalized spacial score (nSPS) is 11.5. The summed E-state index contributed by atoms with van der Waals surface area (Å²) in [6, 6.07) is 19.0. The van der Waals surface area contributed by atoms with Crippen molar-refractivity contribution in [3.8, 4) is 0 Å². The minimum atomic E-state index is -0.971. The van der Waals surface area contributed by atoms with Crippen molar-refractivity contribution < 1.29 is 28.6 Å². The lowest BCUT2D eigenvalue weighted by atomic mass is 10.1. The van der Waals surface area contributed by atoms with Crippen molar-refractivity contribution in [1.29, 1.82) is 0 Å². The molecule has 1 amide bonds. The van der Waals surface area contributed by atoms with E-state index < -0.39 is 30.8 Å². The first-order chi connectivity index (χ1) is 15.4. The second kappa shape index (κ2) is 13.1. The van der Waals surface area contributed by atoms with Gasteiger partial charge in [-0.3, -0.25) is 14.6 Å². The van der Waals surface area contributed by atoms with Crippen molar-refractivity contribution >= 4 is 18.0 Å². The SMILES string of the molecule is COC(=O)[C@H](CCN(Cc1ccccc1)Cc1ccccc1)N(COC(C)=O)C(=O)OC. The number of benzene rings is 2. The molecular weight excluding hydrogens is 412 g/mol. The molecule has 32 heavy (non-hydrogen) atoms. The van der Waals surface area contributed by atoms with Gasteiger partial charge in [-0.15, -0.1) is 0 Å². The number of amides is 1. The van der Waals surface area contributed by atoms with E-state index in [-0.39, 0.29) is 6.42 Å². The fraction of sp³-hybridized carbons (Fsp3) is 0.375. The van der Waals surface area contributed by atoms with Crippen molar-refractivity contribution in [3.05, 3.63) is 71.8 Å². The summed E-state index contributed by atoms with van der Waals surface area (Å²) >= 11 is 0. The van der Waals surface area contributed by atoms with Gasteiger partial charge in [0.15, 0.2) is 6.73 Å². The van der Waals surface area contributed by atoms with Crippen LogP contribution in [0.4, 0.5) is 4.79 Å². The Labute approximate surface area is 188 Å². The molecule has 0 saturated carbocycles. The second-order valence-electron chi connectivity index (χ2n) is 7.21. The highest BCUT2D eigenvalue weighted by Crippen LogP contribution is 2.15. The van der Waals surface area contributed by atoms with Crippen molar-refractivity contribution in [2.45, 2.75) is 32.5 Å². The summed E-state index contributed by atoms with van der Waals surface area (Å²) in [4.78, 5) is 39.3. The molecule has 8 nitrogen and oxygen atoms in total. The number of carbonyl (C=O) groups is 3. The molecule has 0 radical (unpaired) electrons. The number of nitrogens with zero attached hydrogens (tertiary/aromatic N) is 2. The van der Waals surface area contributed by atoms with E-state index >= 15 is 0 Å². The standard InChI is InChI=1S/C24H30N2O6/c1-19(27)32-18-26(24(29)31-3)22(23(28)30-2)14-15-25(16-20-10-6-4-7-11-20)17-21-12-8-5-9-13-21/h4-13,22H,14-18H2,1-3H3/t22-/m0/s1. The lowest BCUT2D eigenvalue weighted by Crippen LogP contribution is -2.48. The van der Waals surface area contributed by atoms with Gasteiger partial charge in [-0.25, -0.2) is 9.59 Å².